The first-order chi connectivity index (χ1) is 5.37. The van der Waals surface area contributed by atoms with E-state index >= 15 is 0 Å². The van der Waals surface area contributed by atoms with E-state index in [0.29, 0.717) is 0 Å². The molecule has 0 bridgehead atoms. The smallest absolute Gasteiger partial charge is 0.223 e. The average molecular weight is 290 g/mol. The third kappa shape index (κ3) is 3.31. The molecule has 0 saturated heterocycles. The van der Waals surface area contributed by atoms with Gasteiger partial charge >= 0.3 is 0 Å². The maximum absolute atomic E-state index is 10.5. The molecule has 0 aliphatic rings. The van der Waals surface area contributed by atoms with Crippen molar-refractivity contribution in [2.45, 2.75) is 31.3 Å². The number of carbonyl (C=O) groups excluding carboxylic acids is 1. The third-order valence-electron chi connectivity index (χ3n) is 1.40. The number of hydrogen-bond acceptors (Lipinski definition) is 5. The molecule has 0 saturated carbocycles. The van der Waals surface area contributed by atoms with Crippen molar-refractivity contribution in [2.75, 3.05) is 0 Å². The highest BCUT2D eigenvalue weighted by Crippen LogP contribution is 2.08. The Labute approximate surface area is 83.2 Å². The number of carbonyl (C=O) groups is 1. The Morgan fingerprint density at radius 1 is 1.17 bits per heavy atom. The van der Waals surface area contributed by atoms with Gasteiger partial charge in [0.1, 0.15) is 12.2 Å². The van der Waals surface area contributed by atoms with E-state index in [2.05, 4.69) is 0 Å². The minimum Gasteiger partial charge on any atom is -0.391 e. The van der Waals surface area contributed by atoms with E-state index in [9.17, 15) is 4.79 Å². The van der Waals surface area contributed by atoms with E-state index in [-0.39, 0.29) is 0 Å². The van der Waals surface area contributed by atoms with Crippen LogP contribution in [0, 0.1) is 0 Å². The molecule has 0 heterocycles. The molecule has 4 unspecified atom stereocenters. The van der Waals surface area contributed by atoms with Crippen molar-refractivity contribution >= 4 is 26.4 Å². The summed E-state index contributed by atoms with van der Waals surface area (Å²) < 4.78 is -0.681. The molecular formula is C6H11IO5. The van der Waals surface area contributed by atoms with Crippen LogP contribution in [-0.4, -0.2) is 48.6 Å². The van der Waals surface area contributed by atoms with Crippen molar-refractivity contribution in [3.63, 3.8) is 0 Å². The fraction of sp³-hybridized carbons (Fsp3) is 0.833. The number of aliphatic hydroxyl groups excluding tert-OH is 4. The van der Waals surface area contributed by atoms with E-state index in [1.54, 1.807) is 0 Å². The summed E-state index contributed by atoms with van der Waals surface area (Å²) in [4.78, 5) is 10.5. The first kappa shape index (κ1) is 12.2. The van der Waals surface area contributed by atoms with Crippen molar-refractivity contribution < 1.29 is 25.2 Å². The summed E-state index contributed by atoms with van der Waals surface area (Å²) in [7, 11) is 0. The predicted octanol–water partition coefficient (Wildman–Crippen LogP) is -1.59. The van der Waals surface area contributed by atoms with E-state index < -0.39 is 28.2 Å². The highest BCUT2D eigenvalue weighted by molar-refractivity contribution is 14.1. The Morgan fingerprint density at radius 3 is 1.83 bits per heavy atom. The second-order valence-electron chi connectivity index (χ2n) is 2.47. The number of hydrogen-bond donors (Lipinski definition) is 4. The zero-order valence-electron chi connectivity index (χ0n) is 6.38. The summed E-state index contributed by atoms with van der Waals surface area (Å²) in [5.74, 6) is 0. The molecule has 72 valence electrons. The van der Waals surface area contributed by atoms with Crippen molar-refractivity contribution in [1.82, 2.24) is 0 Å². The summed E-state index contributed by atoms with van der Waals surface area (Å²) in [6.45, 7) is 1.25. The second kappa shape index (κ2) is 5.07. The lowest BCUT2D eigenvalue weighted by Crippen LogP contribution is -2.45. The molecule has 6 heteroatoms. The van der Waals surface area contributed by atoms with E-state index in [4.69, 9.17) is 20.4 Å². The third-order valence-corrected chi connectivity index (χ3v) is 2.04. The van der Waals surface area contributed by atoms with Gasteiger partial charge in [0, 0.05) is 22.6 Å². The van der Waals surface area contributed by atoms with Crippen LogP contribution >= 0.6 is 22.6 Å². The number of rotatable bonds is 4. The zero-order chi connectivity index (χ0) is 9.89. The first-order valence-electron chi connectivity index (χ1n) is 3.29. The van der Waals surface area contributed by atoms with Gasteiger partial charge in [-0.1, -0.05) is 0 Å². The predicted molar refractivity (Wildman–Crippen MR) is 48.7 cm³/mol. The largest absolute Gasteiger partial charge is 0.391 e. The Kier molecular flexibility index (Phi) is 5.18. The fourth-order valence-electron chi connectivity index (χ4n) is 0.606. The Balaban J connectivity index is 4.18. The van der Waals surface area contributed by atoms with Crippen molar-refractivity contribution in [3.8, 4) is 0 Å². The van der Waals surface area contributed by atoms with Gasteiger partial charge in [-0.15, -0.1) is 0 Å². The number of halogens is 1. The quantitative estimate of drug-likeness (QED) is 0.370. The highest BCUT2D eigenvalue weighted by Gasteiger charge is 2.31. The lowest BCUT2D eigenvalue weighted by Gasteiger charge is -2.22. The van der Waals surface area contributed by atoms with Crippen LogP contribution in [-0.2, 0) is 4.79 Å². The van der Waals surface area contributed by atoms with E-state index in [1.165, 1.54) is 29.5 Å². The van der Waals surface area contributed by atoms with Crippen LogP contribution in [0.2, 0.25) is 0 Å². The molecule has 4 N–H and O–H groups in total. The van der Waals surface area contributed by atoms with E-state index in [0.717, 1.165) is 0 Å². The SMILES string of the molecule is CC(O)C(O)C(O)C(O)C(=O)I. The molecule has 0 radical (unpaired) electrons. The average Bonchev–Trinajstić information content (AvgIpc) is 2.00. The van der Waals surface area contributed by atoms with Crippen LogP contribution in [0.4, 0.5) is 0 Å². The topological polar surface area (TPSA) is 98.0 Å². The normalized spacial score (nSPS) is 21.2. The van der Waals surface area contributed by atoms with Gasteiger partial charge in [-0.25, -0.2) is 0 Å². The molecule has 0 fully saturated rings. The molecule has 0 spiro atoms. The molecule has 4 atom stereocenters. The Morgan fingerprint density at radius 2 is 1.58 bits per heavy atom. The monoisotopic (exact) mass is 290 g/mol. The van der Waals surface area contributed by atoms with Gasteiger partial charge in [0.05, 0.1) is 6.10 Å². The van der Waals surface area contributed by atoms with Crippen LogP contribution in [0.5, 0.6) is 0 Å². The second-order valence-corrected chi connectivity index (χ2v) is 3.53. The Hall–Kier alpha value is 0.240. The van der Waals surface area contributed by atoms with Gasteiger partial charge in [0.25, 0.3) is 0 Å². The van der Waals surface area contributed by atoms with Crippen LogP contribution < -0.4 is 0 Å². The van der Waals surface area contributed by atoms with Gasteiger partial charge in [0.2, 0.25) is 3.79 Å². The minimum atomic E-state index is -1.66. The zero-order valence-corrected chi connectivity index (χ0v) is 8.54. The molecule has 0 aromatic carbocycles. The lowest BCUT2D eigenvalue weighted by atomic mass is 10.1. The molecule has 0 aromatic rings. The van der Waals surface area contributed by atoms with Gasteiger partial charge in [-0.3, -0.25) is 4.79 Å². The van der Waals surface area contributed by atoms with Gasteiger partial charge in [0.15, 0.2) is 6.10 Å². The lowest BCUT2D eigenvalue weighted by molar-refractivity contribution is -0.133. The summed E-state index contributed by atoms with van der Waals surface area (Å²) in [5, 5.41) is 35.8. The van der Waals surface area contributed by atoms with Crippen LogP contribution in [0.15, 0.2) is 0 Å². The first-order valence-corrected chi connectivity index (χ1v) is 4.37. The molecule has 5 nitrogen and oxygen atoms in total. The van der Waals surface area contributed by atoms with Crippen molar-refractivity contribution in [2.24, 2.45) is 0 Å². The summed E-state index contributed by atoms with van der Waals surface area (Å²) in [6, 6.07) is 0. The van der Waals surface area contributed by atoms with Crippen LogP contribution in [0.1, 0.15) is 6.92 Å². The molecule has 0 rings (SSSR count). The van der Waals surface area contributed by atoms with Gasteiger partial charge in [-0.2, -0.15) is 0 Å². The number of aliphatic hydroxyl groups is 4. The summed E-state index contributed by atoms with van der Waals surface area (Å²) in [6.07, 6.45) is -6.01. The van der Waals surface area contributed by atoms with Gasteiger partial charge in [-0.05, 0) is 6.92 Å². The minimum absolute atomic E-state index is 0.681. The fourth-order valence-corrected chi connectivity index (χ4v) is 0.975. The molecule has 0 aliphatic heterocycles. The van der Waals surface area contributed by atoms with Crippen molar-refractivity contribution in [1.29, 1.82) is 0 Å². The van der Waals surface area contributed by atoms with Crippen LogP contribution in [0.3, 0.4) is 0 Å². The summed E-state index contributed by atoms with van der Waals surface area (Å²) in [5.41, 5.74) is 0. The molecule has 12 heavy (non-hydrogen) atoms. The van der Waals surface area contributed by atoms with Crippen molar-refractivity contribution in [3.05, 3.63) is 0 Å². The van der Waals surface area contributed by atoms with Gasteiger partial charge < -0.3 is 20.4 Å². The summed E-state index contributed by atoms with van der Waals surface area (Å²) >= 11 is 1.30. The maximum Gasteiger partial charge on any atom is 0.223 e. The molecule has 0 aliphatic carbocycles. The molecule has 0 aromatic heterocycles. The van der Waals surface area contributed by atoms with Crippen LogP contribution in [0.25, 0.3) is 0 Å². The standard InChI is InChI=1S/C6H11IO5/c1-2(8)3(9)4(10)5(11)6(7)12/h2-5,8-11H,1H3. The molecule has 0 amide bonds. The molecular weight excluding hydrogens is 279 g/mol. The Bertz CT molecular complexity index is 160. The van der Waals surface area contributed by atoms with E-state index in [1.807, 2.05) is 0 Å². The highest BCUT2D eigenvalue weighted by atomic mass is 127. The maximum atomic E-state index is 10.5.